The summed E-state index contributed by atoms with van der Waals surface area (Å²) in [5, 5.41) is 0. The van der Waals surface area contributed by atoms with Crippen molar-refractivity contribution in [1.82, 2.24) is 0 Å². The van der Waals surface area contributed by atoms with Crippen LogP contribution in [0.25, 0.3) is 0 Å². The van der Waals surface area contributed by atoms with Crippen LogP contribution in [-0.4, -0.2) is 4.21 Å². The lowest BCUT2D eigenvalue weighted by Crippen LogP contribution is -2.01. The third-order valence-corrected chi connectivity index (χ3v) is 4.08. The first-order valence-corrected chi connectivity index (χ1v) is 7.28. The van der Waals surface area contributed by atoms with Crippen molar-refractivity contribution in [1.29, 1.82) is 0 Å². The molecule has 0 aromatic heterocycles. The lowest BCUT2D eigenvalue weighted by atomic mass is 10.1. The zero-order chi connectivity index (χ0) is 13.0. The van der Waals surface area contributed by atoms with E-state index in [1.165, 1.54) is 12.1 Å². The van der Waals surface area contributed by atoms with Crippen molar-refractivity contribution in [3.05, 3.63) is 71.0 Å². The largest absolute Gasteiger partial charge is 0.259 e. The highest BCUT2D eigenvalue weighted by Gasteiger charge is 2.06. The van der Waals surface area contributed by atoms with Crippen molar-refractivity contribution >= 4 is 10.8 Å². The minimum Gasteiger partial charge on any atom is -0.259 e. The number of benzene rings is 2. The molecule has 0 bridgehead atoms. The third kappa shape index (κ3) is 3.50. The zero-order valence-electron chi connectivity index (χ0n) is 10.2. The van der Waals surface area contributed by atoms with E-state index < -0.39 is 10.8 Å². The van der Waals surface area contributed by atoms with Crippen molar-refractivity contribution < 1.29 is 8.60 Å². The average molecular weight is 262 g/mol. The molecule has 0 saturated heterocycles. The second-order valence-electron chi connectivity index (χ2n) is 4.28. The molecule has 0 radical (unpaired) electrons. The van der Waals surface area contributed by atoms with E-state index in [0.717, 1.165) is 16.7 Å². The van der Waals surface area contributed by atoms with Crippen molar-refractivity contribution in [2.75, 3.05) is 0 Å². The maximum absolute atomic E-state index is 13.0. The smallest absolute Gasteiger partial charge is 0.123 e. The molecule has 0 aliphatic carbocycles. The summed E-state index contributed by atoms with van der Waals surface area (Å²) in [5.74, 6) is 0.635. The van der Waals surface area contributed by atoms with Gasteiger partial charge in [-0.2, -0.15) is 0 Å². The molecule has 18 heavy (non-hydrogen) atoms. The summed E-state index contributed by atoms with van der Waals surface area (Å²) < 4.78 is 25.0. The van der Waals surface area contributed by atoms with Gasteiger partial charge in [0.15, 0.2) is 0 Å². The lowest BCUT2D eigenvalue weighted by Gasteiger charge is -2.06. The number of halogens is 1. The van der Waals surface area contributed by atoms with Gasteiger partial charge in [-0.15, -0.1) is 0 Å². The molecule has 0 heterocycles. The first kappa shape index (κ1) is 13.0. The van der Waals surface area contributed by atoms with Gasteiger partial charge in [0.1, 0.15) is 5.82 Å². The van der Waals surface area contributed by atoms with Crippen molar-refractivity contribution in [2.24, 2.45) is 0 Å². The van der Waals surface area contributed by atoms with Crippen LogP contribution in [0.2, 0.25) is 0 Å². The number of hydrogen-bond acceptors (Lipinski definition) is 1. The minimum atomic E-state index is -1.01. The summed E-state index contributed by atoms with van der Waals surface area (Å²) >= 11 is 0. The van der Waals surface area contributed by atoms with Crippen LogP contribution in [0.1, 0.15) is 16.7 Å². The van der Waals surface area contributed by atoms with Gasteiger partial charge in [0.25, 0.3) is 0 Å². The van der Waals surface area contributed by atoms with E-state index in [-0.39, 0.29) is 5.82 Å². The number of hydrogen-bond donors (Lipinski definition) is 0. The topological polar surface area (TPSA) is 17.1 Å². The van der Waals surface area contributed by atoms with Gasteiger partial charge in [-0.25, -0.2) is 4.39 Å². The van der Waals surface area contributed by atoms with Crippen molar-refractivity contribution in [2.45, 2.75) is 18.4 Å². The maximum atomic E-state index is 13.0. The fraction of sp³-hybridized carbons (Fsp3) is 0.200. The van der Waals surface area contributed by atoms with E-state index in [4.69, 9.17) is 0 Å². The normalized spacial score (nSPS) is 12.3. The van der Waals surface area contributed by atoms with E-state index in [0.29, 0.717) is 11.5 Å². The first-order valence-electron chi connectivity index (χ1n) is 5.79. The van der Waals surface area contributed by atoms with Crippen LogP contribution in [0.3, 0.4) is 0 Å². The predicted octanol–water partition coefficient (Wildman–Crippen LogP) is 3.58. The fourth-order valence-electron chi connectivity index (χ4n) is 1.81. The molecule has 0 amide bonds. The molecule has 1 nitrogen and oxygen atoms in total. The summed E-state index contributed by atoms with van der Waals surface area (Å²) in [7, 11) is -1.01. The Kier molecular flexibility index (Phi) is 4.26. The molecule has 1 unspecified atom stereocenters. The van der Waals surface area contributed by atoms with Crippen LogP contribution >= 0.6 is 0 Å². The summed E-state index contributed by atoms with van der Waals surface area (Å²) in [5.41, 5.74) is 3.01. The molecule has 0 fully saturated rings. The summed E-state index contributed by atoms with van der Waals surface area (Å²) in [4.78, 5) is 0. The van der Waals surface area contributed by atoms with Gasteiger partial charge in [-0.05, 0) is 35.7 Å². The Hall–Kier alpha value is -1.48. The average Bonchev–Trinajstić information content (AvgIpc) is 2.32. The molecule has 0 aliphatic heterocycles. The van der Waals surface area contributed by atoms with Gasteiger partial charge in [-0.1, -0.05) is 36.4 Å². The van der Waals surface area contributed by atoms with Gasteiger partial charge >= 0.3 is 0 Å². The molecule has 2 aromatic carbocycles. The van der Waals surface area contributed by atoms with E-state index in [1.807, 2.05) is 31.2 Å². The molecule has 0 N–H and O–H groups in total. The standard InChI is InChI=1S/C15H15FOS/c1-12-5-2-3-7-14(12)11-18(17)10-13-6-4-8-15(16)9-13/h2-9H,10-11H2,1H3. The Morgan fingerprint density at radius 3 is 2.56 bits per heavy atom. The van der Waals surface area contributed by atoms with Crippen LogP contribution in [0.5, 0.6) is 0 Å². The predicted molar refractivity (Wildman–Crippen MR) is 73.1 cm³/mol. The van der Waals surface area contributed by atoms with Crippen LogP contribution in [0.15, 0.2) is 48.5 Å². The van der Waals surface area contributed by atoms with E-state index in [9.17, 15) is 8.60 Å². The number of rotatable bonds is 4. The Bertz CT molecular complexity index is 566. The van der Waals surface area contributed by atoms with E-state index in [2.05, 4.69) is 0 Å². The molecular weight excluding hydrogens is 247 g/mol. The lowest BCUT2D eigenvalue weighted by molar-refractivity contribution is 0.626. The second-order valence-corrected chi connectivity index (χ2v) is 5.74. The van der Waals surface area contributed by atoms with E-state index in [1.54, 1.807) is 12.1 Å². The van der Waals surface area contributed by atoms with Gasteiger partial charge in [0, 0.05) is 22.3 Å². The van der Waals surface area contributed by atoms with E-state index >= 15 is 0 Å². The monoisotopic (exact) mass is 262 g/mol. The van der Waals surface area contributed by atoms with Gasteiger partial charge in [-0.3, -0.25) is 4.21 Å². The minimum absolute atomic E-state index is 0.277. The van der Waals surface area contributed by atoms with Crippen molar-refractivity contribution in [3.63, 3.8) is 0 Å². The first-order chi connectivity index (χ1) is 8.65. The zero-order valence-corrected chi connectivity index (χ0v) is 11.0. The van der Waals surface area contributed by atoms with Crippen LogP contribution in [0.4, 0.5) is 4.39 Å². The second kappa shape index (κ2) is 5.91. The highest BCUT2D eigenvalue weighted by atomic mass is 32.2. The third-order valence-electron chi connectivity index (χ3n) is 2.79. The Balaban J connectivity index is 2.03. The van der Waals surface area contributed by atoms with Gasteiger partial charge in [0.2, 0.25) is 0 Å². The summed E-state index contributed by atoms with van der Waals surface area (Å²) in [6, 6.07) is 14.2. The van der Waals surface area contributed by atoms with Gasteiger partial charge < -0.3 is 0 Å². The highest BCUT2D eigenvalue weighted by molar-refractivity contribution is 7.83. The number of aryl methyl sites for hydroxylation is 1. The Morgan fingerprint density at radius 1 is 1.06 bits per heavy atom. The molecule has 2 aromatic rings. The maximum Gasteiger partial charge on any atom is 0.123 e. The van der Waals surface area contributed by atoms with Crippen LogP contribution in [0, 0.1) is 12.7 Å². The molecule has 94 valence electrons. The molecular formula is C15H15FOS. The van der Waals surface area contributed by atoms with Gasteiger partial charge in [0.05, 0.1) is 0 Å². The Morgan fingerprint density at radius 2 is 1.83 bits per heavy atom. The van der Waals surface area contributed by atoms with Crippen LogP contribution < -0.4 is 0 Å². The molecule has 0 saturated carbocycles. The molecule has 2 rings (SSSR count). The Labute approximate surface area is 109 Å². The molecule has 3 heteroatoms. The fourth-order valence-corrected chi connectivity index (χ4v) is 3.13. The summed E-state index contributed by atoms with van der Waals surface area (Å²) in [6.07, 6.45) is 0. The SMILES string of the molecule is Cc1ccccc1CS(=O)Cc1cccc(F)c1. The summed E-state index contributed by atoms with van der Waals surface area (Å²) in [6.45, 7) is 2.01. The molecule has 1 atom stereocenters. The van der Waals surface area contributed by atoms with Crippen LogP contribution in [-0.2, 0) is 22.3 Å². The van der Waals surface area contributed by atoms with Crippen molar-refractivity contribution in [3.8, 4) is 0 Å². The quantitative estimate of drug-likeness (QED) is 0.823. The molecule has 0 spiro atoms. The highest BCUT2D eigenvalue weighted by Crippen LogP contribution is 2.13. The molecule has 0 aliphatic rings.